The summed E-state index contributed by atoms with van der Waals surface area (Å²) in [5.74, 6) is 0. The summed E-state index contributed by atoms with van der Waals surface area (Å²) in [5.41, 5.74) is 9.23. The second kappa shape index (κ2) is 9.50. The average Bonchev–Trinajstić information content (AvgIpc) is 3.04. The number of halogens is 1. The predicted octanol–water partition coefficient (Wildman–Crippen LogP) is -1.36. The van der Waals surface area contributed by atoms with Gasteiger partial charge in [-0.15, -0.1) is 0 Å². The van der Waals surface area contributed by atoms with Crippen molar-refractivity contribution in [1.29, 1.82) is 0 Å². The molecule has 2 fully saturated rings. The molecule has 0 radical (unpaired) electrons. The molecule has 2 heterocycles. The lowest BCUT2D eigenvalue weighted by Gasteiger charge is -2.23. The number of hydrogen-bond donors (Lipinski definition) is 2. The third-order valence-corrected chi connectivity index (χ3v) is 5.35. The fourth-order valence-electron chi connectivity index (χ4n) is 3.83. The number of quaternary nitrogens is 1. The first kappa shape index (κ1) is 19.4. The first-order chi connectivity index (χ1) is 11.2. The Hall–Kier alpha value is -0.970. The lowest BCUT2D eigenvalue weighted by molar-refractivity contribution is -0.905. The van der Waals surface area contributed by atoms with E-state index in [1.165, 1.54) is 51.0 Å². The van der Waals surface area contributed by atoms with E-state index < -0.39 is 0 Å². The molecule has 0 bridgehead atoms. The van der Waals surface area contributed by atoms with Gasteiger partial charge in [0.2, 0.25) is 0 Å². The topological polar surface area (TPSA) is 42.9 Å². The lowest BCUT2D eigenvalue weighted by atomic mass is 10.1. The van der Waals surface area contributed by atoms with Crippen molar-refractivity contribution in [3.8, 4) is 0 Å². The fraction of sp³-hybridized carbons (Fsp3) is 0.684. The Morgan fingerprint density at radius 1 is 1.25 bits per heavy atom. The molecule has 0 amide bonds. The van der Waals surface area contributed by atoms with Gasteiger partial charge in [-0.3, -0.25) is 0 Å². The van der Waals surface area contributed by atoms with Crippen LogP contribution in [0.4, 0.5) is 11.4 Å². The smallest absolute Gasteiger partial charge is 0.0793 e. The zero-order chi connectivity index (χ0) is 16.1. The second-order valence-electron chi connectivity index (χ2n) is 7.18. The standard InChI is InChI=1S/C19H31N3O.ClH/c1-16-14-17(6-7-19(16)20)22-12-8-18(15-22)23-13-5-11-21-9-3-2-4-10-21;/h6-7,14,18H,2-5,8-13,15,20H2,1H3;1H. The van der Waals surface area contributed by atoms with Gasteiger partial charge in [-0.2, -0.15) is 0 Å². The Balaban J connectivity index is 0.00000208. The number of rotatable bonds is 6. The summed E-state index contributed by atoms with van der Waals surface area (Å²) in [6.07, 6.45) is 6.99. The van der Waals surface area contributed by atoms with Gasteiger partial charge >= 0.3 is 0 Å². The Labute approximate surface area is 152 Å². The Morgan fingerprint density at radius 2 is 2.04 bits per heavy atom. The van der Waals surface area contributed by atoms with Crippen molar-refractivity contribution in [2.24, 2.45) is 0 Å². The van der Waals surface area contributed by atoms with E-state index >= 15 is 0 Å². The van der Waals surface area contributed by atoms with Crippen LogP contribution in [0.2, 0.25) is 0 Å². The van der Waals surface area contributed by atoms with Gasteiger partial charge in [0.15, 0.2) is 0 Å². The SMILES string of the molecule is Cc1cc(N2CCC(OCCC[NH+]3CCCCC3)C2)ccc1N.[Cl-]. The number of nitrogens with one attached hydrogen (secondary N) is 1. The highest BCUT2D eigenvalue weighted by atomic mass is 35.5. The molecule has 1 aromatic rings. The van der Waals surface area contributed by atoms with Gasteiger partial charge in [0.25, 0.3) is 0 Å². The van der Waals surface area contributed by atoms with Crippen molar-refractivity contribution in [2.45, 2.75) is 45.1 Å². The van der Waals surface area contributed by atoms with Crippen LogP contribution in [0.5, 0.6) is 0 Å². The predicted molar refractivity (Wildman–Crippen MR) is 96.2 cm³/mol. The molecule has 0 aromatic heterocycles. The molecule has 2 saturated heterocycles. The van der Waals surface area contributed by atoms with E-state index in [9.17, 15) is 0 Å². The molecule has 0 aliphatic carbocycles. The van der Waals surface area contributed by atoms with Crippen LogP contribution < -0.4 is 27.9 Å². The zero-order valence-electron chi connectivity index (χ0n) is 14.9. The van der Waals surface area contributed by atoms with Crippen LogP contribution in [0.25, 0.3) is 0 Å². The number of aryl methyl sites for hydroxylation is 1. The summed E-state index contributed by atoms with van der Waals surface area (Å²) in [5, 5.41) is 0. The van der Waals surface area contributed by atoms with Crippen LogP contribution in [0.3, 0.4) is 0 Å². The van der Waals surface area contributed by atoms with Gasteiger partial charge in [-0.25, -0.2) is 0 Å². The number of nitrogens with zero attached hydrogens (tertiary/aromatic N) is 1. The molecule has 2 aliphatic heterocycles. The number of ether oxygens (including phenoxy) is 1. The molecule has 24 heavy (non-hydrogen) atoms. The van der Waals surface area contributed by atoms with E-state index in [0.29, 0.717) is 6.10 Å². The van der Waals surface area contributed by atoms with E-state index in [1.54, 1.807) is 4.90 Å². The molecule has 1 atom stereocenters. The fourth-order valence-corrected chi connectivity index (χ4v) is 3.83. The van der Waals surface area contributed by atoms with Gasteiger partial charge < -0.3 is 32.7 Å². The van der Waals surface area contributed by atoms with E-state index in [1.807, 2.05) is 6.07 Å². The first-order valence-corrected chi connectivity index (χ1v) is 9.28. The molecular weight excluding hydrogens is 322 g/mol. The summed E-state index contributed by atoms with van der Waals surface area (Å²) in [7, 11) is 0. The lowest BCUT2D eigenvalue weighted by Crippen LogP contribution is -3.12. The number of nitrogen functional groups attached to an aromatic ring is 1. The van der Waals surface area contributed by atoms with Crippen LogP contribution in [-0.2, 0) is 4.74 Å². The normalized spacial score (nSPS) is 21.7. The Morgan fingerprint density at radius 3 is 2.79 bits per heavy atom. The second-order valence-corrected chi connectivity index (χ2v) is 7.18. The van der Waals surface area contributed by atoms with Crippen molar-refractivity contribution < 1.29 is 22.0 Å². The van der Waals surface area contributed by atoms with Crippen LogP contribution in [0.15, 0.2) is 18.2 Å². The molecule has 5 heteroatoms. The molecule has 1 unspecified atom stereocenters. The number of nitrogens with two attached hydrogens (primary N) is 1. The van der Waals surface area contributed by atoms with Crippen molar-refractivity contribution in [2.75, 3.05) is 50.0 Å². The molecular formula is C19H32ClN3O. The van der Waals surface area contributed by atoms with Crippen molar-refractivity contribution in [3.05, 3.63) is 23.8 Å². The van der Waals surface area contributed by atoms with Crippen molar-refractivity contribution in [1.82, 2.24) is 0 Å². The highest BCUT2D eigenvalue weighted by molar-refractivity contribution is 5.58. The maximum absolute atomic E-state index is 6.12. The molecule has 136 valence electrons. The molecule has 3 rings (SSSR count). The molecule has 2 aliphatic rings. The van der Waals surface area contributed by atoms with Crippen molar-refractivity contribution >= 4 is 11.4 Å². The number of benzene rings is 1. The Bertz CT molecular complexity index is 505. The third kappa shape index (κ3) is 5.27. The minimum atomic E-state index is 0. The minimum absolute atomic E-state index is 0. The minimum Gasteiger partial charge on any atom is -1.00 e. The summed E-state index contributed by atoms with van der Waals surface area (Å²) >= 11 is 0. The van der Waals surface area contributed by atoms with Crippen LogP contribution in [0, 0.1) is 6.92 Å². The van der Waals surface area contributed by atoms with Gasteiger partial charge in [0.05, 0.1) is 32.3 Å². The van der Waals surface area contributed by atoms with E-state index in [-0.39, 0.29) is 12.4 Å². The van der Waals surface area contributed by atoms with E-state index in [4.69, 9.17) is 10.5 Å². The molecule has 1 aromatic carbocycles. The summed E-state index contributed by atoms with van der Waals surface area (Å²) in [6, 6.07) is 6.34. The van der Waals surface area contributed by atoms with Crippen LogP contribution in [-0.4, -0.2) is 45.4 Å². The van der Waals surface area contributed by atoms with Gasteiger partial charge in [-0.1, -0.05) is 0 Å². The highest BCUT2D eigenvalue weighted by Gasteiger charge is 2.23. The number of hydrogen-bond acceptors (Lipinski definition) is 3. The summed E-state index contributed by atoms with van der Waals surface area (Å²) < 4.78 is 6.12. The van der Waals surface area contributed by atoms with Crippen LogP contribution in [0.1, 0.15) is 37.7 Å². The monoisotopic (exact) mass is 353 g/mol. The maximum atomic E-state index is 6.12. The largest absolute Gasteiger partial charge is 1.00 e. The number of anilines is 2. The molecule has 0 spiro atoms. The van der Waals surface area contributed by atoms with Crippen molar-refractivity contribution in [3.63, 3.8) is 0 Å². The number of piperidine rings is 1. The molecule has 0 saturated carbocycles. The van der Waals surface area contributed by atoms with E-state index in [0.717, 1.165) is 37.4 Å². The maximum Gasteiger partial charge on any atom is 0.0793 e. The van der Waals surface area contributed by atoms with E-state index in [2.05, 4.69) is 24.0 Å². The van der Waals surface area contributed by atoms with Gasteiger partial charge in [-0.05, 0) is 56.4 Å². The average molecular weight is 354 g/mol. The van der Waals surface area contributed by atoms with Gasteiger partial charge in [0, 0.05) is 30.9 Å². The highest BCUT2D eigenvalue weighted by Crippen LogP contribution is 2.25. The summed E-state index contributed by atoms with van der Waals surface area (Å²) in [4.78, 5) is 4.21. The number of likely N-dealkylation sites (tertiary alicyclic amines) is 1. The molecule has 3 N–H and O–H groups in total. The zero-order valence-corrected chi connectivity index (χ0v) is 15.7. The first-order valence-electron chi connectivity index (χ1n) is 9.28. The quantitative estimate of drug-likeness (QED) is 0.490. The summed E-state index contributed by atoms with van der Waals surface area (Å²) in [6.45, 7) is 9.12. The van der Waals surface area contributed by atoms with Crippen LogP contribution >= 0.6 is 0 Å². The van der Waals surface area contributed by atoms with Gasteiger partial charge in [0.1, 0.15) is 0 Å². The Kier molecular flexibility index (Phi) is 7.66. The third-order valence-electron chi connectivity index (χ3n) is 5.35. The molecule has 4 nitrogen and oxygen atoms in total.